The van der Waals surface area contributed by atoms with Gasteiger partial charge in [0.05, 0.1) is 27.4 Å². The Morgan fingerprint density at radius 1 is 1.11 bits per heavy atom. The summed E-state index contributed by atoms with van der Waals surface area (Å²) in [5.41, 5.74) is 0.951. The molecule has 4 heteroatoms. The Morgan fingerprint density at radius 2 is 1.68 bits per heavy atom. The quantitative estimate of drug-likeness (QED) is 0.710. The van der Waals surface area contributed by atoms with Crippen molar-refractivity contribution in [3.05, 3.63) is 17.7 Å². The van der Waals surface area contributed by atoms with Gasteiger partial charge in [-0.1, -0.05) is 12.8 Å². The van der Waals surface area contributed by atoms with E-state index in [9.17, 15) is 0 Å². The first kappa shape index (κ1) is 15.2. The first-order chi connectivity index (χ1) is 9.21. The van der Waals surface area contributed by atoms with Crippen LogP contribution in [0.5, 0.6) is 17.2 Å². The highest BCUT2D eigenvalue weighted by atomic mass is 16.5. The molecule has 1 aromatic carbocycles. The third-order valence-electron chi connectivity index (χ3n) is 2.80. The Hall–Kier alpha value is -1.86. The molecule has 0 aromatic heterocycles. The molecule has 0 aliphatic carbocycles. The number of ether oxygens (including phenoxy) is 4. The zero-order valence-corrected chi connectivity index (χ0v) is 11.9. The topological polar surface area (TPSA) is 36.9 Å². The van der Waals surface area contributed by atoms with Gasteiger partial charge >= 0.3 is 0 Å². The molecule has 0 saturated carbocycles. The molecule has 19 heavy (non-hydrogen) atoms. The summed E-state index contributed by atoms with van der Waals surface area (Å²) in [5, 5.41) is 0. The summed E-state index contributed by atoms with van der Waals surface area (Å²) >= 11 is 0. The Bertz CT molecular complexity index is 423. The lowest BCUT2D eigenvalue weighted by Crippen LogP contribution is -2.05. The Labute approximate surface area is 114 Å². The number of rotatable bonds is 7. The normalized spacial score (nSPS) is 11.5. The van der Waals surface area contributed by atoms with E-state index in [4.69, 9.17) is 25.4 Å². The lowest BCUT2D eigenvalue weighted by molar-refractivity contribution is 0.0746. The van der Waals surface area contributed by atoms with Gasteiger partial charge in [0, 0.05) is 0 Å². The van der Waals surface area contributed by atoms with Crippen LogP contribution in [-0.2, 0) is 4.74 Å². The van der Waals surface area contributed by atoms with Crippen molar-refractivity contribution in [2.24, 2.45) is 0 Å². The van der Waals surface area contributed by atoms with Gasteiger partial charge in [-0.25, -0.2) is 0 Å². The van der Waals surface area contributed by atoms with Crippen molar-refractivity contribution in [3.63, 3.8) is 0 Å². The molecule has 104 valence electrons. The highest BCUT2D eigenvalue weighted by molar-refractivity contribution is 5.54. The van der Waals surface area contributed by atoms with Crippen LogP contribution < -0.4 is 14.2 Å². The van der Waals surface area contributed by atoms with Gasteiger partial charge in [-0.15, -0.1) is 6.42 Å². The average molecular weight is 264 g/mol. The molecule has 1 aromatic rings. The fraction of sp³-hybridized carbons (Fsp3) is 0.467. The molecule has 0 amide bonds. The molecule has 0 N–H and O–H groups in total. The predicted octanol–water partition coefficient (Wildman–Crippen LogP) is 2.81. The fourth-order valence-electron chi connectivity index (χ4n) is 1.89. The second-order valence-corrected chi connectivity index (χ2v) is 3.87. The molecule has 0 saturated heterocycles. The van der Waals surface area contributed by atoms with E-state index in [0.717, 1.165) is 12.0 Å². The van der Waals surface area contributed by atoms with Gasteiger partial charge in [-0.05, 0) is 24.1 Å². The van der Waals surface area contributed by atoms with Crippen LogP contribution in [0.15, 0.2) is 12.1 Å². The van der Waals surface area contributed by atoms with Crippen LogP contribution >= 0.6 is 0 Å². The summed E-state index contributed by atoms with van der Waals surface area (Å²) < 4.78 is 21.5. The van der Waals surface area contributed by atoms with Crippen molar-refractivity contribution in [1.82, 2.24) is 0 Å². The average Bonchev–Trinajstić information content (AvgIpc) is 2.46. The highest BCUT2D eigenvalue weighted by Gasteiger charge is 2.18. The fourth-order valence-corrected chi connectivity index (χ4v) is 1.89. The maximum absolute atomic E-state index is 5.61. The van der Waals surface area contributed by atoms with Crippen LogP contribution in [0.3, 0.4) is 0 Å². The first-order valence-corrected chi connectivity index (χ1v) is 6.06. The molecular formula is C15H20O4. The van der Waals surface area contributed by atoms with Crippen LogP contribution in [0.1, 0.15) is 25.0 Å². The molecular weight excluding hydrogens is 244 g/mol. The monoisotopic (exact) mass is 264 g/mol. The van der Waals surface area contributed by atoms with Gasteiger partial charge in [0.1, 0.15) is 6.61 Å². The van der Waals surface area contributed by atoms with Crippen molar-refractivity contribution in [1.29, 1.82) is 0 Å². The second kappa shape index (κ2) is 7.55. The van der Waals surface area contributed by atoms with E-state index in [-0.39, 0.29) is 12.7 Å². The van der Waals surface area contributed by atoms with Gasteiger partial charge in [0.25, 0.3) is 0 Å². The third kappa shape index (κ3) is 3.55. The van der Waals surface area contributed by atoms with Crippen LogP contribution in [0.2, 0.25) is 0 Å². The largest absolute Gasteiger partial charge is 0.493 e. The molecule has 1 atom stereocenters. The zero-order chi connectivity index (χ0) is 14.3. The predicted molar refractivity (Wildman–Crippen MR) is 73.9 cm³/mol. The summed E-state index contributed by atoms with van der Waals surface area (Å²) in [5.74, 6) is 4.26. The lowest BCUT2D eigenvalue weighted by atomic mass is 10.1. The van der Waals surface area contributed by atoms with Crippen molar-refractivity contribution < 1.29 is 18.9 Å². The molecule has 0 fully saturated rings. The van der Waals surface area contributed by atoms with Gasteiger partial charge in [-0.2, -0.15) is 0 Å². The Balaban J connectivity index is 3.17. The Morgan fingerprint density at radius 3 is 2.05 bits per heavy atom. The van der Waals surface area contributed by atoms with E-state index in [1.807, 2.05) is 19.1 Å². The molecule has 0 radical (unpaired) electrons. The number of hydrogen-bond acceptors (Lipinski definition) is 4. The molecule has 0 heterocycles. The molecule has 0 spiro atoms. The van der Waals surface area contributed by atoms with Crippen molar-refractivity contribution >= 4 is 0 Å². The van der Waals surface area contributed by atoms with Gasteiger partial charge in [-0.3, -0.25) is 0 Å². The minimum absolute atomic E-state index is 0.0928. The molecule has 1 rings (SSSR count). The summed E-state index contributed by atoms with van der Waals surface area (Å²) in [6.45, 7) is 2.31. The standard InChI is InChI=1S/C15H20O4/c1-6-8-19-12(7-2)11-9-13(16-3)15(18-5)14(10-11)17-4/h1,9-10,12H,7-8H2,2-5H3. The van der Waals surface area contributed by atoms with Crippen LogP contribution in [0.4, 0.5) is 0 Å². The first-order valence-electron chi connectivity index (χ1n) is 6.06. The summed E-state index contributed by atoms with van der Waals surface area (Å²) in [4.78, 5) is 0. The summed E-state index contributed by atoms with van der Waals surface area (Å²) in [6.07, 6.45) is 5.94. The minimum atomic E-state index is -0.0928. The van der Waals surface area contributed by atoms with Crippen molar-refractivity contribution in [2.75, 3.05) is 27.9 Å². The van der Waals surface area contributed by atoms with Gasteiger partial charge in [0.2, 0.25) is 5.75 Å². The molecule has 0 aliphatic heterocycles. The van der Waals surface area contributed by atoms with Crippen LogP contribution in [-0.4, -0.2) is 27.9 Å². The third-order valence-corrected chi connectivity index (χ3v) is 2.80. The number of hydrogen-bond donors (Lipinski definition) is 0. The minimum Gasteiger partial charge on any atom is -0.493 e. The number of methoxy groups -OCH3 is 3. The molecule has 0 bridgehead atoms. The van der Waals surface area contributed by atoms with Gasteiger partial charge < -0.3 is 18.9 Å². The van der Waals surface area contributed by atoms with Crippen molar-refractivity contribution in [2.45, 2.75) is 19.4 Å². The van der Waals surface area contributed by atoms with E-state index < -0.39 is 0 Å². The van der Waals surface area contributed by atoms with E-state index >= 15 is 0 Å². The SMILES string of the molecule is C#CCOC(CC)c1cc(OC)c(OC)c(OC)c1. The smallest absolute Gasteiger partial charge is 0.203 e. The number of terminal acetylenes is 1. The van der Waals surface area contributed by atoms with Crippen LogP contribution in [0.25, 0.3) is 0 Å². The maximum Gasteiger partial charge on any atom is 0.203 e. The molecule has 1 unspecified atom stereocenters. The molecule has 0 aliphatic rings. The van der Waals surface area contributed by atoms with E-state index in [1.165, 1.54) is 0 Å². The second-order valence-electron chi connectivity index (χ2n) is 3.87. The number of benzene rings is 1. The lowest BCUT2D eigenvalue weighted by Gasteiger charge is -2.19. The summed E-state index contributed by atoms with van der Waals surface area (Å²) in [6, 6.07) is 3.76. The highest BCUT2D eigenvalue weighted by Crippen LogP contribution is 2.40. The van der Waals surface area contributed by atoms with E-state index in [1.54, 1.807) is 21.3 Å². The van der Waals surface area contributed by atoms with Crippen LogP contribution in [0, 0.1) is 12.3 Å². The maximum atomic E-state index is 5.61. The van der Waals surface area contributed by atoms with E-state index in [2.05, 4.69) is 5.92 Å². The van der Waals surface area contributed by atoms with Gasteiger partial charge in [0.15, 0.2) is 11.5 Å². The summed E-state index contributed by atoms with van der Waals surface area (Å²) in [7, 11) is 4.75. The zero-order valence-electron chi connectivity index (χ0n) is 11.9. The van der Waals surface area contributed by atoms with E-state index in [0.29, 0.717) is 17.2 Å². The Kier molecular flexibility index (Phi) is 6.04. The van der Waals surface area contributed by atoms with Crippen molar-refractivity contribution in [3.8, 4) is 29.6 Å². The molecule has 4 nitrogen and oxygen atoms in total.